The highest BCUT2D eigenvalue weighted by atomic mass is 16.5. The number of ether oxygens (including phenoxy) is 2. The Morgan fingerprint density at radius 3 is 2.44 bits per heavy atom. The summed E-state index contributed by atoms with van der Waals surface area (Å²) >= 11 is 0. The zero-order valence-electron chi connectivity index (χ0n) is 16.2. The highest BCUT2D eigenvalue weighted by molar-refractivity contribution is 5.94. The van der Waals surface area contributed by atoms with Crippen LogP contribution >= 0.6 is 0 Å². The summed E-state index contributed by atoms with van der Waals surface area (Å²) < 4.78 is 16.9. The summed E-state index contributed by atoms with van der Waals surface area (Å²) in [6, 6.07) is 11.2. The molecule has 0 unspecified atom stereocenters. The van der Waals surface area contributed by atoms with E-state index in [-0.39, 0.29) is 18.1 Å². The van der Waals surface area contributed by atoms with Crippen molar-refractivity contribution in [2.24, 2.45) is 0 Å². The second-order valence-corrected chi connectivity index (χ2v) is 7.01. The molecule has 27 heavy (non-hydrogen) atoms. The van der Waals surface area contributed by atoms with Gasteiger partial charge in [0.2, 0.25) is 0 Å². The van der Waals surface area contributed by atoms with E-state index < -0.39 is 0 Å². The molecule has 3 rings (SSSR count). The summed E-state index contributed by atoms with van der Waals surface area (Å²) in [4.78, 5) is 14.9. The van der Waals surface area contributed by atoms with Crippen LogP contribution in [0.5, 0.6) is 5.75 Å². The predicted molar refractivity (Wildman–Crippen MR) is 103 cm³/mol. The molecule has 0 aliphatic carbocycles. The van der Waals surface area contributed by atoms with E-state index in [2.05, 4.69) is 10.2 Å². The Morgan fingerprint density at radius 2 is 1.85 bits per heavy atom. The molecule has 1 fully saturated rings. The molecule has 146 valence electrons. The molecular weight excluding hydrogens is 344 g/mol. The third kappa shape index (κ3) is 5.34. The van der Waals surface area contributed by atoms with E-state index in [1.165, 1.54) is 0 Å². The molecule has 2 aromatic rings. The minimum absolute atomic E-state index is 0.00454. The summed E-state index contributed by atoms with van der Waals surface area (Å²) in [7, 11) is 0. The lowest BCUT2D eigenvalue weighted by molar-refractivity contribution is 0.0117. The van der Waals surface area contributed by atoms with Gasteiger partial charge in [-0.15, -0.1) is 0 Å². The minimum atomic E-state index is -0.104. The fourth-order valence-corrected chi connectivity index (χ4v) is 3.18. The molecule has 1 aliphatic heterocycles. The van der Waals surface area contributed by atoms with Gasteiger partial charge in [-0.3, -0.25) is 9.69 Å². The van der Waals surface area contributed by atoms with Gasteiger partial charge in [0.15, 0.2) is 0 Å². The normalized spacial score (nSPS) is 16.3. The van der Waals surface area contributed by atoms with Crippen LogP contribution in [0, 0.1) is 6.92 Å². The minimum Gasteiger partial charge on any atom is -0.491 e. The van der Waals surface area contributed by atoms with Gasteiger partial charge >= 0.3 is 0 Å². The van der Waals surface area contributed by atoms with Gasteiger partial charge < -0.3 is 19.2 Å². The van der Waals surface area contributed by atoms with Crippen LogP contribution in [0.2, 0.25) is 0 Å². The number of hydrogen-bond acceptors (Lipinski definition) is 5. The number of amides is 1. The van der Waals surface area contributed by atoms with Crippen molar-refractivity contribution in [3.63, 3.8) is 0 Å². The van der Waals surface area contributed by atoms with E-state index in [4.69, 9.17) is 13.9 Å². The molecule has 1 N–H and O–H groups in total. The molecule has 6 nitrogen and oxygen atoms in total. The maximum Gasteiger partial charge on any atom is 0.251 e. The third-order valence-corrected chi connectivity index (χ3v) is 4.52. The second kappa shape index (κ2) is 9.06. The molecule has 1 atom stereocenters. The fraction of sp³-hybridized carbons (Fsp3) is 0.476. The van der Waals surface area contributed by atoms with Crippen molar-refractivity contribution in [3.05, 3.63) is 53.5 Å². The lowest BCUT2D eigenvalue weighted by Gasteiger charge is -2.33. The first-order valence-electron chi connectivity index (χ1n) is 9.46. The van der Waals surface area contributed by atoms with Crippen molar-refractivity contribution >= 4 is 5.91 Å². The van der Waals surface area contributed by atoms with E-state index in [1.54, 1.807) is 12.1 Å². The Labute approximate surface area is 160 Å². The van der Waals surface area contributed by atoms with Crippen LogP contribution in [-0.2, 0) is 4.74 Å². The number of rotatable bonds is 7. The van der Waals surface area contributed by atoms with E-state index in [9.17, 15) is 4.79 Å². The molecule has 0 bridgehead atoms. The molecule has 0 spiro atoms. The summed E-state index contributed by atoms with van der Waals surface area (Å²) in [6.45, 7) is 9.40. The fourth-order valence-electron chi connectivity index (χ4n) is 3.18. The highest BCUT2D eigenvalue weighted by Crippen LogP contribution is 2.23. The number of benzene rings is 1. The zero-order valence-corrected chi connectivity index (χ0v) is 16.2. The molecule has 2 heterocycles. The van der Waals surface area contributed by atoms with E-state index in [0.717, 1.165) is 30.4 Å². The Kier molecular flexibility index (Phi) is 6.53. The number of morpholine rings is 1. The Morgan fingerprint density at radius 1 is 1.15 bits per heavy atom. The van der Waals surface area contributed by atoms with Crippen LogP contribution in [0.15, 0.2) is 40.8 Å². The number of furan rings is 1. The standard InChI is InChI=1S/C21H28N2O4/c1-15(2)26-18-7-5-17(6-8-18)21(24)22-14-19(20-9-4-16(3)27-20)23-10-12-25-13-11-23/h4-9,15,19H,10-14H2,1-3H3,(H,22,24)/t19-/m0/s1. The summed E-state index contributed by atoms with van der Waals surface area (Å²) in [5.41, 5.74) is 0.613. The van der Waals surface area contributed by atoms with Gasteiger partial charge in [-0.25, -0.2) is 0 Å². The van der Waals surface area contributed by atoms with Crippen molar-refractivity contribution in [3.8, 4) is 5.75 Å². The van der Waals surface area contributed by atoms with Gasteiger partial charge in [0.05, 0.1) is 25.4 Å². The van der Waals surface area contributed by atoms with Crippen LogP contribution in [0.3, 0.4) is 0 Å². The first-order chi connectivity index (χ1) is 13.0. The Bertz CT molecular complexity index is 733. The molecule has 1 aromatic carbocycles. The SMILES string of the molecule is Cc1ccc([C@H](CNC(=O)c2ccc(OC(C)C)cc2)N2CCOCC2)o1. The van der Waals surface area contributed by atoms with Crippen LogP contribution < -0.4 is 10.1 Å². The number of hydrogen-bond donors (Lipinski definition) is 1. The largest absolute Gasteiger partial charge is 0.491 e. The van der Waals surface area contributed by atoms with Crippen LogP contribution in [0.25, 0.3) is 0 Å². The maximum absolute atomic E-state index is 12.6. The third-order valence-electron chi connectivity index (χ3n) is 4.52. The van der Waals surface area contributed by atoms with Crippen LogP contribution in [-0.4, -0.2) is 49.8 Å². The quantitative estimate of drug-likeness (QED) is 0.809. The van der Waals surface area contributed by atoms with Gasteiger partial charge in [0, 0.05) is 25.2 Å². The van der Waals surface area contributed by atoms with Gasteiger partial charge in [-0.05, 0) is 57.2 Å². The molecule has 0 saturated carbocycles. The molecule has 6 heteroatoms. The summed E-state index contributed by atoms with van der Waals surface area (Å²) in [5, 5.41) is 3.04. The molecule has 0 radical (unpaired) electrons. The number of aryl methyl sites for hydroxylation is 1. The Hall–Kier alpha value is -2.31. The van der Waals surface area contributed by atoms with Gasteiger partial charge in [-0.1, -0.05) is 0 Å². The van der Waals surface area contributed by atoms with Gasteiger partial charge in [0.1, 0.15) is 17.3 Å². The van der Waals surface area contributed by atoms with Gasteiger partial charge in [-0.2, -0.15) is 0 Å². The predicted octanol–water partition coefficient (Wildman–Crippen LogP) is 3.18. The van der Waals surface area contributed by atoms with Crippen molar-refractivity contribution in [2.45, 2.75) is 32.9 Å². The van der Waals surface area contributed by atoms with E-state index in [0.29, 0.717) is 25.3 Å². The average molecular weight is 372 g/mol. The molecule has 1 amide bonds. The average Bonchev–Trinajstić information content (AvgIpc) is 3.09. The monoisotopic (exact) mass is 372 g/mol. The highest BCUT2D eigenvalue weighted by Gasteiger charge is 2.25. The van der Waals surface area contributed by atoms with Crippen molar-refractivity contribution in [2.75, 3.05) is 32.8 Å². The second-order valence-electron chi connectivity index (χ2n) is 7.01. The summed E-state index contributed by atoms with van der Waals surface area (Å²) in [5.74, 6) is 2.40. The molecule has 1 aliphatic rings. The van der Waals surface area contributed by atoms with Crippen LogP contribution in [0.4, 0.5) is 0 Å². The molecular formula is C21H28N2O4. The topological polar surface area (TPSA) is 63.9 Å². The lowest BCUT2D eigenvalue weighted by atomic mass is 10.1. The zero-order chi connectivity index (χ0) is 19.2. The van der Waals surface area contributed by atoms with Crippen molar-refractivity contribution in [1.82, 2.24) is 10.2 Å². The maximum atomic E-state index is 12.6. The van der Waals surface area contributed by atoms with Crippen molar-refractivity contribution in [1.29, 1.82) is 0 Å². The van der Waals surface area contributed by atoms with Crippen molar-refractivity contribution < 1.29 is 18.7 Å². The van der Waals surface area contributed by atoms with Crippen LogP contribution in [0.1, 0.15) is 41.8 Å². The number of nitrogens with zero attached hydrogens (tertiary/aromatic N) is 1. The Balaban J connectivity index is 1.64. The van der Waals surface area contributed by atoms with E-state index >= 15 is 0 Å². The first kappa shape index (κ1) is 19.5. The summed E-state index contributed by atoms with van der Waals surface area (Å²) in [6.07, 6.45) is 0.107. The van der Waals surface area contributed by atoms with Gasteiger partial charge in [0.25, 0.3) is 5.91 Å². The lowest BCUT2D eigenvalue weighted by Crippen LogP contribution is -2.43. The number of nitrogens with one attached hydrogen (secondary N) is 1. The number of carbonyl (C=O) groups is 1. The number of carbonyl (C=O) groups excluding carboxylic acids is 1. The van der Waals surface area contributed by atoms with E-state index in [1.807, 2.05) is 45.0 Å². The molecule has 1 saturated heterocycles. The molecule has 1 aromatic heterocycles. The first-order valence-corrected chi connectivity index (χ1v) is 9.46. The smallest absolute Gasteiger partial charge is 0.251 e.